The number of halogens is 1. The zero-order chi connectivity index (χ0) is 83.3. The third-order valence-electron chi connectivity index (χ3n) is 13.3. The first-order valence-corrected chi connectivity index (χ1v) is 37.5. The molecule has 5 amide bonds. The zero-order valence-electron chi connectivity index (χ0n) is 71.1. The van der Waals surface area contributed by atoms with Crippen molar-refractivity contribution in [3.8, 4) is 0 Å². The van der Waals surface area contributed by atoms with E-state index in [4.69, 9.17) is 50.1 Å². The van der Waals surface area contributed by atoms with E-state index in [0.717, 1.165) is 74.0 Å². The van der Waals surface area contributed by atoms with Gasteiger partial charge in [-0.05, 0) is 184 Å². The summed E-state index contributed by atoms with van der Waals surface area (Å²) in [6.45, 7) is 47.1. The number of aromatic nitrogens is 6. The molecule has 3 saturated heterocycles. The Kier molecular flexibility index (Phi) is 70.6. The number of esters is 3. The molecule has 0 spiro atoms. The number of Topliss-reactive ketones (excluding diaryl/α,β-unsaturated/α-hetero) is 2. The van der Waals surface area contributed by atoms with E-state index in [0.29, 0.717) is 89.4 Å². The van der Waals surface area contributed by atoms with Crippen LogP contribution in [0.15, 0.2) is 4.99 Å². The molecule has 3 fully saturated rings. The average Bonchev–Trinajstić information content (AvgIpc) is 1.66. The van der Waals surface area contributed by atoms with E-state index in [-0.39, 0.29) is 214 Å². The SMILES string of the molecule is CC(C)(C)OC(=O)N1CCCC(=O)C1.CC(C)(C)OC(=O)N1CCCC(=S)C1.CC(C)(C)OC(=O)OC(=O)OC(C)(C)C.CCOC(=O)C(=O)NN.CCOC(=O)c1nnc2n1CCN(C(=O)OC(C)(C)C)C2.CCOC(=O)c1nnc2n1CCNC2.CSC1=NCCN(C(=O)OC(C)(C)C)C1.Cl.O=C1CCCNC1.[V].[W].[W].[W].[W].[W].[W]. The van der Waals surface area contributed by atoms with E-state index in [1.165, 1.54) is 4.90 Å². The first kappa shape index (κ1) is 129. The Morgan fingerprint density at radius 2 is 0.846 bits per heavy atom. The van der Waals surface area contributed by atoms with Gasteiger partial charge in [0.1, 0.15) is 45.2 Å². The summed E-state index contributed by atoms with van der Waals surface area (Å²) < 4.78 is 52.4. The van der Waals surface area contributed by atoms with Crippen molar-refractivity contribution in [2.45, 2.75) is 244 Å². The van der Waals surface area contributed by atoms with Gasteiger partial charge < -0.3 is 76.9 Å². The average molecular weight is 2780 g/mol. The van der Waals surface area contributed by atoms with Crippen LogP contribution in [0.4, 0.5) is 28.8 Å². The number of thioether (sulfide) groups is 1. The van der Waals surface area contributed by atoms with Crippen LogP contribution in [0, 0.1) is 0 Å². The first-order valence-electron chi connectivity index (χ1n) is 35.9. The van der Waals surface area contributed by atoms with Gasteiger partial charge in [-0.2, -0.15) is 0 Å². The van der Waals surface area contributed by atoms with E-state index < -0.39 is 75.8 Å². The molecule has 0 bridgehead atoms. The molecule has 0 saturated carbocycles. The number of thiocarbonyl (C=S) groups is 1. The summed E-state index contributed by atoms with van der Waals surface area (Å²) in [5.74, 6) is 4.11. The predicted octanol–water partition coefficient (Wildman–Crippen LogP) is 8.49. The number of carbonyl (C=O) groups is 12. The predicted molar refractivity (Wildman–Crippen MR) is 412 cm³/mol. The summed E-state index contributed by atoms with van der Waals surface area (Å²) in [6, 6.07) is 0. The van der Waals surface area contributed by atoms with Gasteiger partial charge in [0.05, 0.1) is 70.7 Å². The van der Waals surface area contributed by atoms with E-state index in [2.05, 4.69) is 51.3 Å². The summed E-state index contributed by atoms with van der Waals surface area (Å²) in [4.78, 5) is 146. The smallest absolute Gasteiger partial charge is 0.460 e. The van der Waals surface area contributed by atoms with Crippen molar-refractivity contribution >= 4 is 118 Å². The molecule has 8 rings (SSSR count). The third-order valence-corrected chi connectivity index (χ3v) is 14.4. The van der Waals surface area contributed by atoms with E-state index in [9.17, 15) is 57.5 Å². The molecule has 37 nitrogen and oxygen atoms in total. The number of fused-ring (bicyclic) bond motifs is 2. The fraction of sp³-hybridized carbons (Fsp3) is 0.743. The van der Waals surface area contributed by atoms with Crippen molar-refractivity contribution in [1.82, 2.24) is 65.2 Å². The van der Waals surface area contributed by atoms with Crippen molar-refractivity contribution in [2.75, 3.05) is 98.1 Å². The topological polar surface area (TPSA) is 446 Å². The van der Waals surface area contributed by atoms with E-state index >= 15 is 0 Å². The first-order chi connectivity index (χ1) is 50.4. The molecule has 47 heteroatoms. The summed E-state index contributed by atoms with van der Waals surface area (Å²) in [5.41, 5.74) is -1.63. The van der Waals surface area contributed by atoms with Crippen LogP contribution in [0.5, 0.6) is 0 Å². The minimum atomic E-state index is -1.06. The van der Waals surface area contributed by atoms with E-state index in [1.54, 1.807) is 103 Å². The summed E-state index contributed by atoms with van der Waals surface area (Å²) >= 11 is 6.68. The van der Waals surface area contributed by atoms with Gasteiger partial charge in [0.25, 0.3) is 0 Å². The van der Waals surface area contributed by atoms with Crippen molar-refractivity contribution in [3.05, 3.63) is 23.3 Å². The van der Waals surface area contributed by atoms with Crippen molar-refractivity contribution < 1.29 is 250 Å². The summed E-state index contributed by atoms with van der Waals surface area (Å²) in [5, 5.41) is 22.6. The molecule has 2 aromatic heterocycles. The maximum atomic E-state index is 12.0. The van der Waals surface area contributed by atoms with Gasteiger partial charge in [0, 0.05) is 208 Å². The van der Waals surface area contributed by atoms with Gasteiger partial charge in [-0.1, -0.05) is 12.2 Å². The Labute approximate surface area is 801 Å². The molecule has 6 aliphatic rings. The van der Waals surface area contributed by atoms with Crippen LogP contribution in [0.25, 0.3) is 0 Å². The van der Waals surface area contributed by atoms with Crippen molar-refractivity contribution in [1.29, 1.82) is 0 Å². The largest absolute Gasteiger partial charge is 0.519 e. The maximum Gasteiger partial charge on any atom is 0.519 e. The van der Waals surface area contributed by atoms with Crippen LogP contribution in [0.1, 0.15) is 217 Å². The number of likely N-dealkylation sites (tertiary alicyclic amines) is 2. The van der Waals surface area contributed by atoms with Gasteiger partial charge in [0.15, 0.2) is 11.6 Å². The van der Waals surface area contributed by atoms with Gasteiger partial charge in [-0.25, -0.2) is 49.0 Å². The number of hydrogen-bond donors (Lipinski definition) is 4. The Morgan fingerprint density at radius 3 is 1.21 bits per heavy atom. The fourth-order valence-corrected chi connectivity index (χ4v) is 9.66. The van der Waals surface area contributed by atoms with Gasteiger partial charge in [-0.3, -0.25) is 34.6 Å². The van der Waals surface area contributed by atoms with Crippen LogP contribution in [0.3, 0.4) is 0 Å². The third kappa shape index (κ3) is 59.7. The van der Waals surface area contributed by atoms with Crippen LogP contribution >= 0.6 is 36.4 Å². The molecule has 0 unspecified atom stereocenters. The van der Waals surface area contributed by atoms with E-state index in [1.807, 2.05) is 89.3 Å². The molecular weight excluding hydrogens is 2660 g/mol. The van der Waals surface area contributed by atoms with Gasteiger partial charge in [0.2, 0.25) is 11.6 Å². The number of amides is 5. The molecule has 117 heavy (non-hydrogen) atoms. The Morgan fingerprint density at radius 1 is 0.462 bits per heavy atom. The minimum Gasteiger partial charge on any atom is -0.460 e. The number of piperidine rings is 3. The second-order valence-electron chi connectivity index (χ2n) is 30.2. The molecule has 5 N–H and O–H groups in total. The number of nitrogens with zero attached hydrogens (tertiary/aromatic N) is 11. The van der Waals surface area contributed by atoms with Crippen molar-refractivity contribution in [3.63, 3.8) is 0 Å². The number of nitrogens with two attached hydrogens (primary N) is 1. The molecule has 2 aromatic rings. The van der Waals surface area contributed by atoms with Crippen LogP contribution in [-0.4, -0.2) is 263 Å². The number of carbonyl (C=O) groups excluding carboxylic acids is 12. The molecule has 0 aliphatic carbocycles. The molecule has 1 radical (unpaired) electrons. The standard InChI is InChI=1S/C13H20N4O4.C10H18N2O2S.C10H17NO3.C10H17NO2S.C10H18O5.C8H12N4O2.C5H9NO.C4H8N2O3.ClH.V.6W/c1-5-20-11(18)10-15-14-9-8-16(6-7-17(9)10)12(19)21-13(2,3)4;1-10(2,3)14-9(13)12-6-5-11-8(7-12)15-4;1-10(2,3)14-9(13)11-6-4-5-8(12)7-11;1-10(2,3)13-9(12)11-6-4-5-8(14)7-11;1-9(2,3)14-7(11)13-8(12)15-10(4,5)6;1-2-14-8(13)7-11-10-6-5-9-3-4-12(6)7;7-5-2-1-3-6-4-5;1-2-9-4(8)3(7)6-5;;;;;;;;/h5-8H2,1-4H3;5-7H2,1-4H3;2*4-7H2,1-3H3;1-6H3;9H,2-5H2,1H3;6H,1-4H2;2,5H2,1H3,(H,6,7);1H;;;;;;;. The van der Waals surface area contributed by atoms with Crippen molar-refractivity contribution in [2.24, 2.45) is 10.8 Å². The van der Waals surface area contributed by atoms with Gasteiger partial charge in [-0.15, -0.1) is 44.6 Å². The summed E-state index contributed by atoms with van der Waals surface area (Å²) in [6.07, 6.45) is 3.63. The molecule has 0 atom stereocenters. The molecule has 0 aromatic carbocycles. The molecule has 667 valence electrons. The Hall–Kier alpha value is -3.69. The number of hydrogen-bond acceptors (Lipinski definition) is 32. The molecule has 6 aliphatic heterocycles. The monoisotopic (exact) mass is 2780 g/mol. The number of rotatable bonds is 5. The number of hydrazine groups is 1. The Balaban J connectivity index is -0.000000194. The number of ether oxygens (including phenoxy) is 10. The van der Waals surface area contributed by atoms with Crippen LogP contribution < -0.4 is 21.9 Å². The zero-order valence-corrected chi connectivity index (χ0v) is 92.5. The normalized spacial score (nSPS) is 14.5. The maximum absolute atomic E-state index is 12.0. The minimum absolute atomic E-state index is 0. The molecule has 8 heterocycles. The summed E-state index contributed by atoms with van der Waals surface area (Å²) in [7, 11) is 0. The quantitative estimate of drug-likeness (QED) is 0.0318. The number of aliphatic imine (C=N–C) groups is 1. The Bertz CT molecular complexity index is 3320. The van der Waals surface area contributed by atoms with Crippen LogP contribution in [-0.2, 0) is 238 Å². The number of ketones is 2. The number of nitrogens with one attached hydrogen (secondary N) is 3. The molecular formula is C70H120ClN15O22S2VW6. The second kappa shape index (κ2) is 64.1. The second-order valence-corrected chi connectivity index (χ2v) is 31.7. The van der Waals surface area contributed by atoms with Gasteiger partial charge >= 0.3 is 60.5 Å². The fourth-order valence-electron chi connectivity index (χ4n) is 8.86. The van der Waals surface area contributed by atoms with Crippen LogP contribution in [0.2, 0.25) is 0 Å².